The number of ether oxygens (including phenoxy) is 2. The third-order valence-corrected chi connectivity index (χ3v) is 6.84. The van der Waals surface area contributed by atoms with Crippen LogP contribution in [0.15, 0.2) is 54.6 Å². The topological polar surface area (TPSA) is 114 Å². The number of piperazine rings is 1. The zero-order chi connectivity index (χ0) is 28.6. The molecule has 0 bridgehead atoms. The summed E-state index contributed by atoms with van der Waals surface area (Å²) in [4.78, 5) is 52.3. The van der Waals surface area contributed by atoms with E-state index in [2.05, 4.69) is 22.2 Å². The van der Waals surface area contributed by atoms with Crippen LogP contribution in [0.1, 0.15) is 46.0 Å². The van der Waals surface area contributed by atoms with Gasteiger partial charge in [0.15, 0.2) is 5.82 Å². The van der Waals surface area contributed by atoms with Crippen molar-refractivity contribution in [2.24, 2.45) is 0 Å². The average molecular weight is 546 g/mol. The summed E-state index contributed by atoms with van der Waals surface area (Å²) in [6, 6.07) is 16.5. The average Bonchev–Trinajstić information content (AvgIpc) is 2.97. The fourth-order valence-corrected chi connectivity index (χ4v) is 4.59. The Bertz CT molecular complexity index is 1350. The Morgan fingerprint density at radius 1 is 1.00 bits per heavy atom. The number of methoxy groups -OCH3 is 1. The van der Waals surface area contributed by atoms with E-state index in [1.165, 1.54) is 12.7 Å². The third kappa shape index (κ3) is 6.63. The van der Waals surface area contributed by atoms with Crippen LogP contribution in [0.4, 0.5) is 10.5 Å². The number of nitrogens with one attached hydrogen (secondary N) is 1. The van der Waals surface area contributed by atoms with Crippen molar-refractivity contribution >= 4 is 23.6 Å². The monoisotopic (exact) mass is 545 g/mol. The van der Waals surface area contributed by atoms with Crippen LogP contribution in [-0.2, 0) is 15.9 Å². The zero-order valence-electron chi connectivity index (χ0n) is 23.3. The Kier molecular flexibility index (Phi) is 9.44. The quantitative estimate of drug-likeness (QED) is 0.333. The van der Waals surface area contributed by atoms with Crippen molar-refractivity contribution in [2.75, 3.05) is 45.3 Å². The molecule has 10 nitrogen and oxygen atoms in total. The van der Waals surface area contributed by atoms with E-state index in [4.69, 9.17) is 9.47 Å². The van der Waals surface area contributed by atoms with Gasteiger partial charge in [-0.15, -0.1) is 0 Å². The maximum Gasteiger partial charge on any atom is 0.342 e. The predicted molar refractivity (Wildman–Crippen MR) is 151 cm³/mol. The van der Waals surface area contributed by atoms with Gasteiger partial charge in [0, 0.05) is 44.0 Å². The number of rotatable bonds is 8. The molecule has 2 heterocycles. The molecule has 1 aromatic heterocycles. The molecule has 210 valence electrons. The number of carbonyl (C=O) groups excluding carboxylic acids is 3. The highest BCUT2D eigenvalue weighted by molar-refractivity contribution is 6.05. The second kappa shape index (κ2) is 13.2. The van der Waals surface area contributed by atoms with Crippen molar-refractivity contribution in [3.05, 3.63) is 77.1 Å². The van der Waals surface area contributed by atoms with Crippen LogP contribution in [0.3, 0.4) is 0 Å². The number of nitrogens with zero attached hydrogens (tertiary/aromatic N) is 4. The van der Waals surface area contributed by atoms with Gasteiger partial charge < -0.3 is 24.6 Å². The molecule has 0 saturated carbocycles. The Balaban J connectivity index is 1.54. The molecular formula is C30H35N5O5. The summed E-state index contributed by atoms with van der Waals surface area (Å²) in [5.41, 5.74) is 2.99. The number of aryl methyl sites for hydroxylation is 2. The minimum atomic E-state index is -0.683. The fourth-order valence-electron chi connectivity index (χ4n) is 4.59. The van der Waals surface area contributed by atoms with Crippen LogP contribution >= 0.6 is 0 Å². The second-order valence-corrected chi connectivity index (χ2v) is 9.63. The Labute approximate surface area is 234 Å². The number of benzene rings is 2. The molecule has 1 atom stereocenters. The molecule has 1 fully saturated rings. The van der Waals surface area contributed by atoms with Crippen LogP contribution in [0.2, 0.25) is 0 Å². The van der Waals surface area contributed by atoms with Gasteiger partial charge in [-0.25, -0.2) is 19.6 Å². The summed E-state index contributed by atoms with van der Waals surface area (Å²) in [6.07, 6.45) is 0.923. The number of aromatic nitrogens is 2. The summed E-state index contributed by atoms with van der Waals surface area (Å²) in [5, 5.41) is 2.94. The van der Waals surface area contributed by atoms with E-state index in [0.29, 0.717) is 18.1 Å². The van der Waals surface area contributed by atoms with Crippen molar-refractivity contribution < 1.29 is 23.9 Å². The molecule has 3 aromatic rings. The number of carbonyl (C=O) groups is 3. The van der Waals surface area contributed by atoms with Crippen LogP contribution in [0, 0.1) is 6.92 Å². The smallest absolute Gasteiger partial charge is 0.342 e. The van der Waals surface area contributed by atoms with Gasteiger partial charge in [0.2, 0.25) is 0 Å². The minimum absolute atomic E-state index is 0.0186. The van der Waals surface area contributed by atoms with Gasteiger partial charge in [0.05, 0.1) is 12.3 Å². The first-order valence-corrected chi connectivity index (χ1v) is 13.4. The van der Waals surface area contributed by atoms with Gasteiger partial charge in [0.1, 0.15) is 17.9 Å². The van der Waals surface area contributed by atoms with E-state index in [-0.39, 0.29) is 49.6 Å². The van der Waals surface area contributed by atoms with Crippen LogP contribution in [0.5, 0.6) is 0 Å². The van der Waals surface area contributed by atoms with Crippen molar-refractivity contribution in [2.45, 2.75) is 33.2 Å². The molecule has 2 aromatic carbocycles. The number of urea groups is 1. The van der Waals surface area contributed by atoms with E-state index in [1.54, 1.807) is 16.7 Å². The highest BCUT2D eigenvalue weighted by Crippen LogP contribution is 2.23. The molecule has 40 heavy (non-hydrogen) atoms. The molecule has 1 aliphatic heterocycles. The molecule has 1 aliphatic rings. The maximum absolute atomic E-state index is 13.8. The van der Waals surface area contributed by atoms with Crippen LogP contribution in [-0.4, -0.2) is 83.7 Å². The summed E-state index contributed by atoms with van der Waals surface area (Å²) in [6.45, 7) is 6.78. The van der Waals surface area contributed by atoms with E-state index >= 15 is 0 Å². The molecule has 4 rings (SSSR count). The number of esters is 1. The van der Waals surface area contributed by atoms with Crippen molar-refractivity contribution in [1.82, 2.24) is 19.8 Å². The third-order valence-electron chi connectivity index (χ3n) is 6.84. The maximum atomic E-state index is 13.8. The summed E-state index contributed by atoms with van der Waals surface area (Å²) >= 11 is 0. The second-order valence-electron chi connectivity index (χ2n) is 9.63. The standard InChI is InChI=1S/C30H35N5O5/c1-5-22-11-13-24(14-12-22)32-30(38)35-16-15-34(19-20(35)2)28(36)26-25(29(37)40-18-17-39-4)21(3)31-27(33-26)23-9-7-6-8-10-23/h6-14,20H,5,15-19H2,1-4H3,(H,32,38). The first-order valence-electron chi connectivity index (χ1n) is 13.4. The van der Waals surface area contributed by atoms with Gasteiger partial charge in [-0.05, 0) is 38.0 Å². The minimum Gasteiger partial charge on any atom is -0.460 e. The number of amides is 3. The van der Waals surface area contributed by atoms with E-state index in [1.807, 2.05) is 61.5 Å². The molecule has 1 N–H and O–H groups in total. The molecule has 1 unspecified atom stereocenters. The molecule has 0 aliphatic carbocycles. The summed E-state index contributed by atoms with van der Waals surface area (Å²) in [7, 11) is 1.51. The first kappa shape index (κ1) is 28.7. The normalized spacial score (nSPS) is 15.1. The Morgan fingerprint density at radius 2 is 1.73 bits per heavy atom. The van der Waals surface area contributed by atoms with Crippen molar-refractivity contribution in [1.29, 1.82) is 0 Å². The fraction of sp³-hybridized carbons (Fsp3) is 0.367. The van der Waals surface area contributed by atoms with Crippen molar-refractivity contribution in [3.8, 4) is 11.4 Å². The lowest BCUT2D eigenvalue weighted by Crippen LogP contribution is -2.56. The van der Waals surface area contributed by atoms with Crippen molar-refractivity contribution in [3.63, 3.8) is 0 Å². The SMILES string of the molecule is CCc1ccc(NC(=O)N2CCN(C(=O)c3nc(-c4ccccc4)nc(C)c3C(=O)OCCOC)CC2C)cc1. The lowest BCUT2D eigenvalue weighted by molar-refractivity contribution is 0.0378. The molecule has 0 spiro atoms. The van der Waals surface area contributed by atoms with Gasteiger partial charge in [-0.2, -0.15) is 0 Å². The van der Waals surface area contributed by atoms with Gasteiger partial charge in [-0.3, -0.25) is 4.79 Å². The molecule has 10 heteroatoms. The lowest BCUT2D eigenvalue weighted by atomic mass is 10.1. The number of hydrogen-bond donors (Lipinski definition) is 1. The summed E-state index contributed by atoms with van der Waals surface area (Å²) < 4.78 is 10.3. The summed E-state index contributed by atoms with van der Waals surface area (Å²) in [5.74, 6) is -0.754. The van der Waals surface area contributed by atoms with Gasteiger partial charge >= 0.3 is 12.0 Å². The predicted octanol–water partition coefficient (Wildman–Crippen LogP) is 4.20. The highest BCUT2D eigenvalue weighted by Gasteiger charge is 2.34. The lowest BCUT2D eigenvalue weighted by Gasteiger charge is -2.39. The molecular weight excluding hydrogens is 510 g/mol. The Hall–Kier alpha value is -4.31. The zero-order valence-corrected chi connectivity index (χ0v) is 23.3. The number of hydrogen-bond acceptors (Lipinski definition) is 7. The van der Waals surface area contributed by atoms with E-state index in [0.717, 1.165) is 17.7 Å². The number of anilines is 1. The van der Waals surface area contributed by atoms with Crippen LogP contribution < -0.4 is 5.32 Å². The molecule has 3 amide bonds. The first-order chi connectivity index (χ1) is 19.3. The van der Waals surface area contributed by atoms with E-state index < -0.39 is 11.9 Å². The van der Waals surface area contributed by atoms with Crippen LogP contribution in [0.25, 0.3) is 11.4 Å². The Morgan fingerprint density at radius 3 is 2.38 bits per heavy atom. The van der Waals surface area contributed by atoms with Gasteiger partial charge in [0.25, 0.3) is 5.91 Å². The molecule has 0 radical (unpaired) electrons. The van der Waals surface area contributed by atoms with E-state index in [9.17, 15) is 14.4 Å². The largest absolute Gasteiger partial charge is 0.460 e. The van der Waals surface area contributed by atoms with Gasteiger partial charge in [-0.1, -0.05) is 49.4 Å². The highest BCUT2D eigenvalue weighted by atomic mass is 16.6. The molecule has 1 saturated heterocycles.